The molecule has 1 heterocycles. The van der Waals surface area contributed by atoms with Gasteiger partial charge in [-0.1, -0.05) is 19.8 Å². The third-order valence-electron chi connectivity index (χ3n) is 4.24. The lowest BCUT2D eigenvalue weighted by molar-refractivity contribution is -0.0310. The van der Waals surface area contributed by atoms with Crippen molar-refractivity contribution in [3.8, 4) is 0 Å². The molecule has 0 spiro atoms. The second kappa shape index (κ2) is 4.81. The Hall–Kier alpha value is -0.120. The molecule has 0 amide bonds. The number of nitrogens with two attached hydrogens (primary N) is 1. The van der Waals surface area contributed by atoms with Crippen molar-refractivity contribution in [2.24, 2.45) is 5.73 Å². The van der Waals surface area contributed by atoms with Crippen LogP contribution < -0.4 is 5.73 Å². The highest BCUT2D eigenvalue weighted by Gasteiger charge is 2.43. The Morgan fingerprint density at radius 3 is 2.40 bits per heavy atom. The zero-order valence-corrected chi connectivity index (χ0v) is 9.87. The van der Waals surface area contributed by atoms with Gasteiger partial charge >= 0.3 is 0 Å². The summed E-state index contributed by atoms with van der Waals surface area (Å²) in [6, 6.07) is 0.345. The monoisotopic (exact) mass is 212 g/mol. The summed E-state index contributed by atoms with van der Waals surface area (Å²) in [6.45, 7) is 6.14. The van der Waals surface area contributed by atoms with Crippen LogP contribution in [0.3, 0.4) is 0 Å². The van der Waals surface area contributed by atoms with E-state index in [1.807, 2.05) is 0 Å². The average Bonchev–Trinajstić information content (AvgIpc) is 2.79. The minimum atomic E-state index is 0.304. The molecule has 2 N–H and O–H groups in total. The molecule has 0 bridgehead atoms. The number of ether oxygens (including phenoxy) is 1. The van der Waals surface area contributed by atoms with Gasteiger partial charge in [-0.05, 0) is 19.3 Å². The number of hydrogen-bond donors (Lipinski definition) is 1. The maximum Gasteiger partial charge on any atom is 0.0594 e. The van der Waals surface area contributed by atoms with Crippen molar-refractivity contribution in [3.63, 3.8) is 0 Å². The summed E-state index contributed by atoms with van der Waals surface area (Å²) >= 11 is 0. The predicted octanol–water partition coefficient (Wildman–Crippen LogP) is 1.37. The van der Waals surface area contributed by atoms with Crippen molar-refractivity contribution in [3.05, 3.63) is 0 Å². The van der Waals surface area contributed by atoms with E-state index in [0.717, 1.165) is 32.7 Å². The van der Waals surface area contributed by atoms with Gasteiger partial charge < -0.3 is 10.5 Å². The Bertz CT molecular complexity index is 196. The number of nitrogens with zero attached hydrogens (tertiary/aromatic N) is 1. The van der Waals surface area contributed by atoms with Crippen LogP contribution in [0.15, 0.2) is 0 Å². The molecule has 2 fully saturated rings. The molecule has 1 saturated heterocycles. The standard InChI is InChI=1S/C12H24N2O/c1-2-11(13)12(5-3-4-6-12)14-7-9-15-10-8-14/h11H,2-10,13H2,1H3. The third kappa shape index (κ3) is 2.05. The Kier molecular flexibility index (Phi) is 3.65. The molecular formula is C12H24N2O. The van der Waals surface area contributed by atoms with Gasteiger partial charge in [0.15, 0.2) is 0 Å². The molecule has 0 radical (unpaired) electrons. The van der Waals surface area contributed by atoms with Crippen LogP contribution in [-0.2, 0) is 4.74 Å². The predicted molar refractivity (Wildman–Crippen MR) is 61.9 cm³/mol. The second-order valence-electron chi connectivity index (χ2n) is 4.92. The fraction of sp³-hybridized carbons (Fsp3) is 1.00. The van der Waals surface area contributed by atoms with Gasteiger partial charge in [0, 0.05) is 24.7 Å². The number of rotatable bonds is 3. The van der Waals surface area contributed by atoms with E-state index < -0.39 is 0 Å². The van der Waals surface area contributed by atoms with Crippen LogP contribution in [0.4, 0.5) is 0 Å². The molecule has 0 aromatic carbocycles. The summed E-state index contributed by atoms with van der Waals surface area (Å²) < 4.78 is 5.44. The highest BCUT2D eigenvalue weighted by atomic mass is 16.5. The topological polar surface area (TPSA) is 38.5 Å². The van der Waals surface area contributed by atoms with Gasteiger partial charge in [-0.15, -0.1) is 0 Å². The van der Waals surface area contributed by atoms with Crippen LogP contribution in [0.5, 0.6) is 0 Å². The Labute approximate surface area is 93.0 Å². The van der Waals surface area contributed by atoms with Crippen molar-refractivity contribution in [1.29, 1.82) is 0 Å². The van der Waals surface area contributed by atoms with Crippen LogP contribution in [0.2, 0.25) is 0 Å². The molecule has 3 nitrogen and oxygen atoms in total. The van der Waals surface area contributed by atoms with Crippen molar-refractivity contribution in [2.75, 3.05) is 26.3 Å². The van der Waals surface area contributed by atoms with Gasteiger partial charge in [0.05, 0.1) is 13.2 Å². The summed E-state index contributed by atoms with van der Waals surface area (Å²) in [5, 5.41) is 0. The van der Waals surface area contributed by atoms with Gasteiger partial charge in [-0.3, -0.25) is 4.90 Å². The van der Waals surface area contributed by atoms with E-state index in [1.165, 1.54) is 25.7 Å². The smallest absolute Gasteiger partial charge is 0.0594 e. The van der Waals surface area contributed by atoms with Crippen LogP contribution in [0.25, 0.3) is 0 Å². The van der Waals surface area contributed by atoms with E-state index >= 15 is 0 Å². The first-order valence-corrected chi connectivity index (χ1v) is 6.38. The van der Waals surface area contributed by atoms with Crippen LogP contribution in [0, 0.1) is 0 Å². The fourth-order valence-corrected chi connectivity index (χ4v) is 3.30. The molecule has 88 valence electrons. The molecule has 0 aromatic rings. The zero-order valence-electron chi connectivity index (χ0n) is 9.87. The summed E-state index contributed by atoms with van der Waals surface area (Å²) in [6.07, 6.45) is 6.39. The van der Waals surface area contributed by atoms with Crippen LogP contribution in [0.1, 0.15) is 39.0 Å². The molecule has 2 aliphatic rings. The van der Waals surface area contributed by atoms with Crippen molar-refractivity contribution >= 4 is 0 Å². The molecule has 1 unspecified atom stereocenters. The summed E-state index contributed by atoms with van der Waals surface area (Å²) in [5.74, 6) is 0. The first kappa shape index (κ1) is 11.4. The van der Waals surface area contributed by atoms with Crippen molar-refractivity contribution in [1.82, 2.24) is 4.90 Å². The quantitative estimate of drug-likeness (QED) is 0.768. The van der Waals surface area contributed by atoms with Gasteiger partial charge in [0.2, 0.25) is 0 Å². The van der Waals surface area contributed by atoms with Gasteiger partial charge in [0.1, 0.15) is 0 Å². The summed E-state index contributed by atoms with van der Waals surface area (Å²) in [5.41, 5.74) is 6.67. The zero-order chi connectivity index (χ0) is 10.7. The van der Waals surface area contributed by atoms with Crippen molar-refractivity contribution < 1.29 is 4.74 Å². The third-order valence-corrected chi connectivity index (χ3v) is 4.24. The molecule has 3 heteroatoms. The van der Waals surface area contributed by atoms with Gasteiger partial charge in [0.25, 0.3) is 0 Å². The Balaban J connectivity index is 2.09. The first-order chi connectivity index (χ1) is 7.29. The molecule has 1 aliphatic heterocycles. The number of morpholine rings is 1. The first-order valence-electron chi connectivity index (χ1n) is 6.38. The van der Waals surface area contributed by atoms with E-state index in [0.29, 0.717) is 11.6 Å². The van der Waals surface area contributed by atoms with Gasteiger partial charge in [-0.25, -0.2) is 0 Å². The van der Waals surface area contributed by atoms with E-state index in [2.05, 4.69) is 11.8 Å². The summed E-state index contributed by atoms with van der Waals surface area (Å²) in [7, 11) is 0. The molecule has 0 aromatic heterocycles. The molecule has 1 saturated carbocycles. The second-order valence-corrected chi connectivity index (χ2v) is 4.92. The van der Waals surface area contributed by atoms with Gasteiger partial charge in [-0.2, -0.15) is 0 Å². The van der Waals surface area contributed by atoms with E-state index in [1.54, 1.807) is 0 Å². The highest BCUT2D eigenvalue weighted by molar-refractivity contribution is 5.02. The van der Waals surface area contributed by atoms with Crippen molar-refractivity contribution in [2.45, 2.75) is 50.6 Å². The molecule has 1 atom stereocenters. The SMILES string of the molecule is CCC(N)C1(N2CCOCC2)CCCC1. The molecule has 2 rings (SSSR count). The molecule has 1 aliphatic carbocycles. The molecule has 15 heavy (non-hydrogen) atoms. The largest absolute Gasteiger partial charge is 0.379 e. The highest BCUT2D eigenvalue weighted by Crippen LogP contribution is 2.38. The fourth-order valence-electron chi connectivity index (χ4n) is 3.30. The minimum Gasteiger partial charge on any atom is -0.379 e. The minimum absolute atomic E-state index is 0.304. The van der Waals surface area contributed by atoms with Crippen LogP contribution >= 0.6 is 0 Å². The number of hydrogen-bond acceptors (Lipinski definition) is 3. The van der Waals surface area contributed by atoms with E-state index in [9.17, 15) is 0 Å². The molecular weight excluding hydrogens is 188 g/mol. The maximum atomic E-state index is 6.36. The normalized spacial score (nSPS) is 29.2. The summed E-state index contributed by atoms with van der Waals surface area (Å²) in [4.78, 5) is 2.61. The lowest BCUT2D eigenvalue weighted by Gasteiger charge is -2.47. The lowest BCUT2D eigenvalue weighted by Crippen LogP contribution is -2.61. The Morgan fingerprint density at radius 1 is 1.27 bits per heavy atom. The maximum absolute atomic E-state index is 6.36. The van der Waals surface area contributed by atoms with Crippen LogP contribution in [-0.4, -0.2) is 42.8 Å². The lowest BCUT2D eigenvalue weighted by atomic mass is 9.85. The Morgan fingerprint density at radius 2 is 1.87 bits per heavy atom. The van der Waals surface area contributed by atoms with E-state index in [-0.39, 0.29) is 0 Å². The average molecular weight is 212 g/mol. The van der Waals surface area contributed by atoms with E-state index in [4.69, 9.17) is 10.5 Å².